The average Bonchev–Trinajstić information content (AvgIpc) is 2.54. The van der Waals surface area contributed by atoms with Gasteiger partial charge in [-0.1, -0.05) is 26.0 Å². The zero-order valence-electron chi connectivity index (χ0n) is 13.7. The number of likely N-dealkylation sites (tertiary alicyclic amines) is 1. The van der Waals surface area contributed by atoms with Crippen molar-refractivity contribution in [2.45, 2.75) is 44.6 Å². The predicted octanol–water partition coefficient (Wildman–Crippen LogP) is 2.04. The zero-order valence-corrected chi connectivity index (χ0v) is 13.7. The molecule has 1 heterocycles. The first-order valence-electron chi connectivity index (χ1n) is 8.04. The van der Waals surface area contributed by atoms with Gasteiger partial charge in [-0.15, -0.1) is 0 Å². The summed E-state index contributed by atoms with van der Waals surface area (Å²) in [7, 11) is 0. The molecule has 0 aliphatic carbocycles. The maximum Gasteiger partial charge on any atom is 0.321 e. The second kappa shape index (κ2) is 7.00. The number of hydrogen-bond acceptors (Lipinski definition) is 3. The van der Waals surface area contributed by atoms with Gasteiger partial charge < -0.3 is 21.1 Å². The number of nitrogens with two attached hydrogens (primary N) is 1. The Balaban J connectivity index is 1.97. The number of carbonyl (C=O) groups excluding carboxylic acids is 2. The first-order valence-corrected chi connectivity index (χ1v) is 8.04. The van der Waals surface area contributed by atoms with Crippen LogP contribution in [0.2, 0.25) is 0 Å². The van der Waals surface area contributed by atoms with Crippen molar-refractivity contribution >= 4 is 17.6 Å². The van der Waals surface area contributed by atoms with E-state index >= 15 is 0 Å². The van der Waals surface area contributed by atoms with Crippen molar-refractivity contribution in [2.24, 2.45) is 5.73 Å². The van der Waals surface area contributed by atoms with Crippen LogP contribution in [0.25, 0.3) is 0 Å². The van der Waals surface area contributed by atoms with Gasteiger partial charge in [0.2, 0.25) is 5.91 Å². The van der Waals surface area contributed by atoms with Crippen LogP contribution in [0.5, 0.6) is 0 Å². The number of amides is 3. The Bertz CT molecular complexity index is 580. The minimum atomic E-state index is -1.49. The van der Waals surface area contributed by atoms with Gasteiger partial charge in [-0.2, -0.15) is 0 Å². The predicted molar refractivity (Wildman–Crippen MR) is 89.1 cm³/mol. The number of nitrogens with one attached hydrogen (secondary N) is 1. The zero-order chi connectivity index (χ0) is 17.0. The standard InChI is InChI=1S/C17H25N3O3/c1-3-12(2)13-5-4-6-14(11-13)19-16(22)20-9-7-17(23,8-10-20)15(18)21/h4-6,11-12,23H,3,7-10H2,1-2H3,(H2,18,21)(H,19,22). The van der Waals surface area contributed by atoms with E-state index in [9.17, 15) is 14.7 Å². The van der Waals surface area contributed by atoms with Crippen LogP contribution >= 0.6 is 0 Å². The smallest absolute Gasteiger partial charge is 0.321 e. The number of anilines is 1. The highest BCUT2D eigenvalue weighted by atomic mass is 16.3. The Morgan fingerprint density at radius 1 is 1.39 bits per heavy atom. The van der Waals surface area contributed by atoms with E-state index in [1.165, 1.54) is 5.56 Å². The first kappa shape index (κ1) is 17.3. The van der Waals surface area contributed by atoms with Gasteiger partial charge in [0.15, 0.2) is 0 Å². The molecule has 0 aromatic heterocycles. The molecule has 1 saturated heterocycles. The molecule has 3 amide bonds. The lowest BCUT2D eigenvalue weighted by Gasteiger charge is -2.35. The molecule has 1 aliphatic heterocycles. The summed E-state index contributed by atoms with van der Waals surface area (Å²) in [5.41, 5.74) is 5.64. The monoisotopic (exact) mass is 319 g/mol. The third-order valence-corrected chi connectivity index (χ3v) is 4.66. The lowest BCUT2D eigenvalue weighted by Crippen LogP contribution is -2.54. The van der Waals surface area contributed by atoms with Crippen molar-refractivity contribution < 1.29 is 14.7 Å². The molecule has 0 bridgehead atoms. The summed E-state index contributed by atoms with van der Waals surface area (Å²) < 4.78 is 0. The molecule has 6 nitrogen and oxygen atoms in total. The summed E-state index contributed by atoms with van der Waals surface area (Å²) in [4.78, 5) is 25.1. The van der Waals surface area contributed by atoms with Crippen molar-refractivity contribution in [3.8, 4) is 0 Å². The van der Waals surface area contributed by atoms with Crippen molar-refractivity contribution in [2.75, 3.05) is 18.4 Å². The summed E-state index contributed by atoms with van der Waals surface area (Å²) in [6.45, 7) is 4.88. The minimum absolute atomic E-state index is 0.169. The molecule has 2 rings (SSSR count). The number of primary amides is 1. The first-order chi connectivity index (χ1) is 10.9. The molecule has 4 N–H and O–H groups in total. The third kappa shape index (κ3) is 4.01. The van der Waals surface area contributed by atoms with Crippen LogP contribution in [-0.4, -0.2) is 40.6 Å². The highest BCUT2D eigenvalue weighted by Crippen LogP contribution is 2.24. The molecule has 1 aliphatic rings. The Morgan fingerprint density at radius 3 is 2.61 bits per heavy atom. The number of carbonyl (C=O) groups is 2. The number of benzene rings is 1. The molecule has 0 saturated carbocycles. The maximum absolute atomic E-state index is 12.3. The summed E-state index contributed by atoms with van der Waals surface area (Å²) in [6, 6.07) is 7.60. The second-order valence-electron chi connectivity index (χ2n) is 6.25. The molecule has 23 heavy (non-hydrogen) atoms. The lowest BCUT2D eigenvalue weighted by molar-refractivity contribution is -0.140. The van der Waals surface area contributed by atoms with Crippen molar-refractivity contribution in [1.29, 1.82) is 0 Å². The van der Waals surface area contributed by atoms with Gasteiger partial charge in [0.1, 0.15) is 5.60 Å². The highest BCUT2D eigenvalue weighted by Gasteiger charge is 2.38. The number of aliphatic hydroxyl groups is 1. The van der Waals surface area contributed by atoms with Gasteiger partial charge in [0, 0.05) is 31.6 Å². The molecule has 6 heteroatoms. The average molecular weight is 319 g/mol. The van der Waals surface area contributed by atoms with Crippen LogP contribution in [-0.2, 0) is 4.79 Å². The fourth-order valence-corrected chi connectivity index (χ4v) is 2.69. The summed E-state index contributed by atoms with van der Waals surface area (Å²) >= 11 is 0. The normalized spacial score (nSPS) is 18.3. The minimum Gasteiger partial charge on any atom is -0.380 e. The van der Waals surface area contributed by atoms with E-state index in [0.717, 1.165) is 12.1 Å². The molecular formula is C17H25N3O3. The number of hydrogen-bond donors (Lipinski definition) is 3. The van der Waals surface area contributed by atoms with Crippen molar-refractivity contribution in [1.82, 2.24) is 4.90 Å². The van der Waals surface area contributed by atoms with Gasteiger partial charge in [0.25, 0.3) is 0 Å². The number of rotatable bonds is 4. The molecule has 1 aromatic carbocycles. The van der Waals surface area contributed by atoms with E-state index in [-0.39, 0.29) is 18.9 Å². The Kier molecular flexibility index (Phi) is 5.26. The Morgan fingerprint density at radius 2 is 2.04 bits per heavy atom. The molecule has 1 atom stereocenters. The van der Waals surface area contributed by atoms with Gasteiger partial charge in [-0.3, -0.25) is 4.79 Å². The van der Waals surface area contributed by atoms with Crippen LogP contribution in [0.4, 0.5) is 10.5 Å². The lowest BCUT2D eigenvalue weighted by atomic mass is 9.91. The summed E-state index contributed by atoms with van der Waals surface area (Å²) in [5, 5.41) is 12.9. The van der Waals surface area contributed by atoms with E-state index in [4.69, 9.17) is 5.73 Å². The molecule has 1 unspecified atom stereocenters. The van der Waals surface area contributed by atoms with E-state index in [2.05, 4.69) is 25.2 Å². The SMILES string of the molecule is CCC(C)c1cccc(NC(=O)N2CCC(O)(C(N)=O)CC2)c1. The van der Waals surface area contributed by atoms with E-state index in [0.29, 0.717) is 19.0 Å². The summed E-state index contributed by atoms with van der Waals surface area (Å²) in [6.07, 6.45) is 1.38. The van der Waals surface area contributed by atoms with Gasteiger partial charge in [-0.25, -0.2) is 4.79 Å². The molecule has 0 spiro atoms. The second-order valence-corrected chi connectivity index (χ2v) is 6.25. The molecular weight excluding hydrogens is 294 g/mol. The van der Waals surface area contributed by atoms with Crippen molar-refractivity contribution in [3.63, 3.8) is 0 Å². The molecule has 1 fully saturated rings. The van der Waals surface area contributed by atoms with Crippen molar-refractivity contribution in [3.05, 3.63) is 29.8 Å². The number of urea groups is 1. The van der Waals surface area contributed by atoms with E-state index in [1.807, 2.05) is 18.2 Å². The van der Waals surface area contributed by atoms with Crippen LogP contribution in [0.3, 0.4) is 0 Å². The van der Waals surface area contributed by atoms with Crippen LogP contribution < -0.4 is 11.1 Å². The van der Waals surface area contributed by atoms with Gasteiger partial charge >= 0.3 is 6.03 Å². The van der Waals surface area contributed by atoms with Crippen LogP contribution in [0, 0.1) is 0 Å². The topological polar surface area (TPSA) is 95.7 Å². The Hall–Kier alpha value is -2.08. The number of piperidine rings is 1. The highest BCUT2D eigenvalue weighted by molar-refractivity contribution is 5.90. The third-order valence-electron chi connectivity index (χ3n) is 4.66. The van der Waals surface area contributed by atoms with E-state index in [1.54, 1.807) is 4.90 Å². The fraction of sp³-hybridized carbons (Fsp3) is 0.529. The van der Waals surface area contributed by atoms with Crippen LogP contribution in [0.15, 0.2) is 24.3 Å². The molecule has 0 radical (unpaired) electrons. The van der Waals surface area contributed by atoms with E-state index < -0.39 is 11.5 Å². The Labute approximate surface area is 136 Å². The molecule has 1 aromatic rings. The largest absolute Gasteiger partial charge is 0.380 e. The van der Waals surface area contributed by atoms with Crippen LogP contribution in [0.1, 0.15) is 44.6 Å². The van der Waals surface area contributed by atoms with Gasteiger partial charge in [0.05, 0.1) is 0 Å². The quantitative estimate of drug-likeness (QED) is 0.792. The fourth-order valence-electron chi connectivity index (χ4n) is 2.69. The number of nitrogens with zero attached hydrogens (tertiary/aromatic N) is 1. The summed E-state index contributed by atoms with van der Waals surface area (Å²) in [5.74, 6) is -0.286. The maximum atomic E-state index is 12.3. The molecule has 126 valence electrons. The van der Waals surface area contributed by atoms with Gasteiger partial charge in [-0.05, 0) is 30.0 Å².